The van der Waals surface area contributed by atoms with E-state index in [0.717, 1.165) is 17.9 Å². The average molecular weight is 500 g/mol. The lowest BCUT2D eigenvalue weighted by Gasteiger charge is -2.22. The van der Waals surface area contributed by atoms with Crippen molar-refractivity contribution in [2.75, 3.05) is 47.4 Å². The second kappa shape index (κ2) is 13.0. The van der Waals surface area contributed by atoms with E-state index < -0.39 is 0 Å². The van der Waals surface area contributed by atoms with Crippen molar-refractivity contribution in [2.45, 2.75) is 6.42 Å². The van der Waals surface area contributed by atoms with Gasteiger partial charge in [0.15, 0.2) is 5.96 Å². The van der Waals surface area contributed by atoms with Crippen LogP contribution in [-0.2, 0) is 11.2 Å². The van der Waals surface area contributed by atoms with Gasteiger partial charge in [0.1, 0.15) is 24.7 Å². The normalized spacial score (nSPS) is 10.8. The topological polar surface area (TPSA) is 70.3 Å². The van der Waals surface area contributed by atoms with Crippen LogP contribution in [0.5, 0.6) is 5.75 Å². The Balaban J connectivity index is 0.00000392. The fourth-order valence-corrected chi connectivity index (χ4v) is 2.27. The molecule has 1 aromatic carbocycles. The van der Waals surface area contributed by atoms with E-state index >= 15 is 0 Å². The molecular weight excluding hydrogens is 471 g/mol. The van der Waals surface area contributed by atoms with Gasteiger partial charge in [0, 0.05) is 34.1 Å². The Hall–Kier alpha value is -2.23. The Kier molecular flexibility index (Phi) is 11.1. The summed E-state index contributed by atoms with van der Waals surface area (Å²) in [6.07, 6.45) is 2.40. The lowest BCUT2D eigenvalue weighted by molar-refractivity contribution is -0.127. The van der Waals surface area contributed by atoms with Crippen molar-refractivity contribution in [3.8, 4) is 5.75 Å². The molecule has 0 spiro atoms. The van der Waals surface area contributed by atoms with E-state index in [4.69, 9.17) is 9.15 Å². The molecule has 0 aliphatic rings. The molecule has 8 heteroatoms. The minimum atomic E-state index is -0.0470. The van der Waals surface area contributed by atoms with Gasteiger partial charge in [-0.25, -0.2) is 4.99 Å². The first-order valence-corrected chi connectivity index (χ1v) is 8.96. The van der Waals surface area contributed by atoms with Gasteiger partial charge in [0.05, 0.1) is 12.8 Å². The van der Waals surface area contributed by atoms with E-state index in [0.29, 0.717) is 25.7 Å². The lowest BCUT2D eigenvalue weighted by Crippen LogP contribution is -2.42. The Labute approximate surface area is 183 Å². The summed E-state index contributed by atoms with van der Waals surface area (Å²) in [6, 6.07) is 13.5. The van der Waals surface area contributed by atoms with Crippen molar-refractivity contribution in [3.05, 3.63) is 54.5 Å². The van der Waals surface area contributed by atoms with Crippen LogP contribution < -0.4 is 10.1 Å². The number of halogens is 1. The van der Waals surface area contributed by atoms with Gasteiger partial charge in [0.25, 0.3) is 0 Å². The number of furan rings is 1. The number of hydrogen-bond donors (Lipinski definition) is 1. The molecule has 0 aliphatic carbocycles. The van der Waals surface area contributed by atoms with Crippen LogP contribution in [0.3, 0.4) is 0 Å². The highest BCUT2D eigenvalue weighted by Crippen LogP contribution is 2.07. The number of aliphatic imine (C=N–C) groups is 1. The van der Waals surface area contributed by atoms with Crippen molar-refractivity contribution in [1.82, 2.24) is 15.1 Å². The van der Waals surface area contributed by atoms with Crippen molar-refractivity contribution in [2.24, 2.45) is 4.99 Å². The maximum atomic E-state index is 11.9. The third kappa shape index (κ3) is 8.64. The maximum absolute atomic E-state index is 11.9. The highest BCUT2D eigenvalue weighted by Gasteiger charge is 2.09. The van der Waals surface area contributed by atoms with Crippen molar-refractivity contribution >= 4 is 35.8 Å². The predicted octanol–water partition coefficient (Wildman–Crippen LogP) is 2.48. The smallest absolute Gasteiger partial charge is 0.243 e. The fourth-order valence-electron chi connectivity index (χ4n) is 2.27. The largest absolute Gasteiger partial charge is 0.492 e. The average Bonchev–Trinajstić information content (AvgIpc) is 3.18. The maximum Gasteiger partial charge on any atom is 0.243 e. The number of likely N-dealkylation sites (N-methyl/N-ethyl adjacent to an activating group) is 2. The molecule has 0 radical (unpaired) electrons. The minimum Gasteiger partial charge on any atom is -0.492 e. The zero-order chi connectivity index (χ0) is 19.5. The van der Waals surface area contributed by atoms with Gasteiger partial charge in [0.2, 0.25) is 5.91 Å². The van der Waals surface area contributed by atoms with E-state index in [1.165, 1.54) is 4.90 Å². The van der Waals surface area contributed by atoms with Crippen LogP contribution in [0.15, 0.2) is 58.1 Å². The molecule has 0 saturated heterocycles. The molecule has 2 rings (SSSR count). The van der Waals surface area contributed by atoms with Crippen LogP contribution in [0.1, 0.15) is 5.76 Å². The van der Waals surface area contributed by atoms with Crippen LogP contribution in [-0.4, -0.2) is 69.1 Å². The molecule has 154 valence electrons. The number of nitrogens with one attached hydrogen (secondary N) is 1. The van der Waals surface area contributed by atoms with Crippen LogP contribution >= 0.6 is 24.0 Å². The molecule has 0 aliphatic heterocycles. The van der Waals surface area contributed by atoms with Gasteiger partial charge >= 0.3 is 0 Å². The van der Waals surface area contributed by atoms with Crippen molar-refractivity contribution in [3.63, 3.8) is 0 Å². The number of carbonyl (C=O) groups is 1. The van der Waals surface area contributed by atoms with E-state index in [1.807, 2.05) is 54.4 Å². The number of nitrogens with zero attached hydrogens (tertiary/aromatic N) is 3. The van der Waals surface area contributed by atoms with Crippen LogP contribution in [0.4, 0.5) is 0 Å². The summed E-state index contributed by atoms with van der Waals surface area (Å²) in [4.78, 5) is 19.8. The van der Waals surface area contributed by atoms with Crippen LogP contribution in [0, 0.1) is 0 Å². The molecule has 0 unspecified atom stereocenters. The predicted molar refractivity (Wildman–Crippen MR) is 121 cm³/mol. The Morgan fingerprint density at radius 1 is 1.14 bits per heavy atom. The monoisotopic (exact) mass is 500 g/mol. The second-order valence-electron chi connectivity index (χ2n) is 6.27. The summed E-state index contributed by atoms with van der Waals surface area (Å²) >= 11 is 0. The molecule has 1 N–H and O–H groups in total. The standard InChI is InChI=1S/C20H28N4O3.HI/c1-23(2)19(25)16-22-20(21-12-11-18-10-7-14-26-18)24(3)13-15-27-17-8-5-4-6-9-17;/h4-10,14H,11-13,15-16H2,1-3H3,(H,21,22);1H. The first-order chi connectivity index (χ1) is 13.1. The molecule has 0 saturated carbocycles. The number of ether oxygens (including phenoxy) is 1. The summed E-state index contributed by atoms with van der Waals surface area (Å²) in [5.74, 6) is 2.35. The Morgan fingerprint density at radius 3 is 2.54 bits per heavy atom. The fraction of sp³-hybridized carbons (Fsp3) is 0.400. The van der Waals surface area contributed by atoms with E-state index in [-0.39, 0.29) is 36.4 Å². The molecule has 2 aromatic rings. The van der Waals surface area contributed by atoms with Gasteiger partial charge in [-0.05, 0) is 24.3 Å². The quantitative estimate of drug-likeness (QED) is 0.326. The third-order valence-electron chi connectivity index (χ3n) is 3.90. The summed E-state index contributed by atoms with van der Waals surface area (Å²) in [5.41, 5.74) is 0. The number of hydrogen-bond acceptors (Lipinski definition) is 4. The van der Waals surface area contributed by atoms with E-state index in [2.05, 4.69) is 10.3 Å². The highest BCUT2D eigenvalue weighted by molar-refractivity contribution is 14.0. The number of para-hydroxylation sites is 1. The molecular formula is C20H29IN4O3. The Bertz CT molecular complexity index is 706. The summed E-state index contributed by atoms with van der Waals surface area (Å²) in [6.45, 7) is 1.91. The minimum absolute atomic E-state index is 0. The molecule has 1 heterocycles. The zero-order valence-electron chi connectivity index (χ0n) is 16.6. The molecule has 1 amide bonds. The van der Waals surface area contributed by atoms with Gasteiger partial charge in [-0.3, -0.25) is 4.79 Å². The van der Waals surface area contributed by atoms with Gasteiger partial charge < -0.3 is 24.3 Å². The first kappa shape index (κ1) is 23.8. The Morgan fingerprint density at radius 2 is 1.89 bits per heavy atom. The molecule has 1 aromatic heterocycles. The third-order valence-corrected chi connectivity index (χ3v) is 3.90. The van der Waals surface area contributed by atoms with Crippen LogP contribution in [0.2, 0.25) is 0 Å². The highest BCUT2D eigenvalue weighted by atomic mass is 127. The van der Waals surface area contributed by atoms with Crippen molar-refractivity contribution in [1.29, 1.82) is 0 Å². The first-order valence-electron chi connectivity index (χ1n) is 8.96. The van der Waals surface area contributed by atoms with Crippen LogP contribution in [0.25, 0.3) is 0 Å². The van der Waals surface area contributed by atoms with Crippen molar-refractivity contribution < 1.29 is 13.9 Å². The molecule has 7 nitrogen and oxygen atoms in total. The van der Waals surface area contributed by atoms with Gasteiger partial charge in [-0.1, -0.05) is 18.2 Å². The van der Waals surface area contributed by atoms with Gasteiger partial charge in [-0.2, -0.15) is 0 Å². The van der Waals surface area contributed by atoms with Gasteiger partial charge in [-0.15, -0.1) is 24.0 Å². The summed E-state index contributed by atoms with van der Waals surface area (Å²) in [7, 11) is 5.37. The number of rotatable bonds is 9. The molecule has 0 bridgehead atoms. The number of benzene rings is 1. The number of amides is 1. The number of guanidine groups is 1. The summed E-state index contributed by atoms with van der Waals surface area (Å²) < 4.78 is 11.1. The van der Waals surface area contributed by atoms with E-state index in [9.17, 15) is 4.79 Å². The number of carbonyl (C=O) groups excluding carboxylic acids is 1. The summed E-state index contributed by atoms with van der Waals surface area (Å²) in [5, 5.41) is 3.29. The molecule has 28 heavy (non-hydrogen) atoms. The van der Waals surface area contributed by atoms with E-state index in [1.54, 1.807) is 20.4 Å². The molecule has 0 atom stereocenters. The SMILES string of the molecule is CN(C)C(=O)CN=C(NCCc1ccco1)N(C)CCOc1ccccc1.I. The second-order valence-corrected chi connectivity index (χ2v) is 6.27. The molecule has 0 fully saturated rings. The lowest BCUT2D eigenvalue weighted by atomic mass is 10.3. The zero-order valence-corrected chi connectivity index (χ0v) is 19.0.